The topological polar surface area (TPSA) is 54.5 Å². The van der Waals surface area contributed by atoms with E-state index in [1.165, 1.54) is 5.56 Å². The fraction of sp³-hybridized carbons (Fsp3) is 0.429. The van der Waals surface area contributed by atoms with Crippen LogP contribution in [0.2, 0.25) is 0 Å². The summed E-state index contributed by atoms with van der Waals surface area (Å²) in [6.45, 7) is 5.30. The molecule has 5 heteroatoms. The molecule has 0 radical (unpaired) electrons. The molecule has 1 aromatic heterocycles. The van der Waals surface area contributed by atoms with Crippen molar-refractivity contribution < 1.29 is 9.53 Å². The van der Waals surface area contributed by atoms with Gasteiger partial charge >= 0.3 is 6.03 Å². The molecule has 1 saturated carbocycles. The van der Waals surface area contributed by atoms with E-state index in [0.29, 0.717) is 19.1 Å². The number of aromatic nitrogens is 1. The van der Waals surface area contributed by atoms with Crippen LogP contribution in [0.4, 0.5) is 4.79 Å². The second-order valence-corrected chi connectivity index (χ2v) is 7.01. The molecule has 1 fully saturated rings. The second kappa shape index (κ2) is 8.70. The Hall–Kier alpha value is -2.56. The van der Waals surface area contributed by atoms with E-state index in [1.807, 2.05) is 43.0 Å². The van der Waals surface area contributed by atoms with Gasteiger partial charge in [-0.2, -0.15) is 0 Å². The molecular weight excluding hydrogens is 326 g/mol. The Morgan fingerprint density at radius 2 is 1.85 bits per heavy atom. The number of pyridine rings is 1. The highest BCUT2D eigenvalue weighted by Gasteiger charge is 2.32. The first-order valence-electron chi connectivity index (χ1n) is 9.31. The van der Waals surface area contributed by atoms with Crippen molar-refractivity contribution in [2.75, 3.05) is 6.54 Å². The fourth-order valence-corrected chi connectivity index (χ4v) is 2.86. The Kier molecular flexibility index (Phi) is 6.10. The average molecular weight is 353 g/mol. The zero-order chi connectivity index (χ0) is 18.4. The normalized spacial score (nSPS) is 13.5. The van der Waals surface area contributed by atoms with Gasteiger partial charge < -0.3 is 15.0 Å². The maximum absolute atomic E-state index is 12.6. The van der Waals surface area contributed by atoms with Crippen LogP contribution in [0.5, 0.6) is 5.75 Å². The molecule has 2 aromatic rings. The Morgan fingerprint density at radius 3 is 2.46 bits per heavy atom. The van der Waals surface area contributed by atoms with Gasteiger partial charge in [-0.25, -0.2) is 4.79 Å². The first kappa shape index (κ1) is 18.2. The zero-order valence-corrected chi connectivity index (χ0v) is 15.5. The summed E-state index contributed by atoms with van der Waals surface area (Å²) in [5.41, 5.74) is 2.30. The van der Waals surface area contributed by atoms with Gasteiger partial charge in [0, 0.05) is 31.5 Å². The smallest absolute Gasteiger partial charge is 0.317 e. The van der Waals surface area contributed by atoms with Gasteiger partial charge in [-0.1, -0.05) is 12.1 Å². The van der Waals surface area contributed by atoms with Gasteiger partial charge in [0.1, 0.15) is 5.75 Å². The summed E-state index contributed by atoms with van der Waals surface area (Å²) in [4.78, 5) is 18.5. The number of rotatable bonds is 8. The predicted octanol–water partition coefficient (Wildman–Crippen LogP) is 3.79. The summed E-state index contributed by atoms with van der Waals surface area (Å²) < 4.78 is 5.65. The standard InChI is InChI=1S/C21H27N3O2/c1-16(2)26-20-7-3-17(4-8-20)11-14-23-21(25)24(19-5-6-19)15-18-9-12-22-13-10-18/h3-4,7-10,12-13,16,19H,5-6,11,14-15H2,1-2H3,(H,23,25). The average Bonchev–Trinajstić information content (AvgIpc) is 3.46. The SMILES string of the molecule is CC(C)Oc1ccc(CCNC(=O)N(Cc2ccncc2)C2CC2)cc1. The van der Waals surface area contributed by atoms with Crippen LogP contribution in [-0.4, -0.2) is 34.6 Å². The Bertz CT molecular complexity index is 697. The Morgan fingerprint density at radius 1 is 1.15 bits per heavy atom. The minimum Gasteiger partial charge on any atom is -0.491 e. The molecule has 1 heterocycles. The molecule has 0 saturated heterocycles. The van der Waals surface area contributed by atoms with Crippen LogP contribution in [0, 0.1) is 0 Å². The maximum atomic E-state index is 12.6. The Balaban J connectivity index is 1.47. The minimum atomic E-state index is 0.0177. The van der Waals surface area contributed by atoms with Crippen molar-refractivity contribution in [2.24, 2.45) is 0 Å². The summed E-state index contributed by atoms with van der Waals surface area (Å²) in [5.74, 6) is 0.880. The molecule has 1 N–H and O–H groups in total. The van der Waals surface area contributed by atoms with Gasteiger partial charge in [-0.05, 0) is 68.5 Å². The van der Waals surface area contributed by atoms with E-state index in [2.05, 4.69) is 22.4 Å². The molecule has 3 rings (SSSR count). The zero-order valence-electron chi connectivity index (χ0n) is 15.5. The molecular formula is C21H27N3O2. The van der Waals surface area contributed by atoms with Gasteiger partial charge in [-0.15, -0.1) is 0 Å². The van der Waals surface area contributed by atoms with Crippen molar-refractivity contribution in [1.82, 2.24) is 15.2 Å². The number of amides is 2. The van der Waals surface area contributed by atoms with Crippen LogP contribution < -0.4 is 10.1 Å². The maximum Gasteiger partial charge on any atom is 0.317 e. The van der Waals surface area contributed by atoms with E-state index in [9.17, 15) is 4.79 Å². The number of urea groups is 1. The number of carbonyl (C=O) groups is 1. The van der Waals surface area contributed by atoms with Crippen LogP contribution in [-0.2, 0) is 13.0 Å². The van der Waals surface area contributed by atoms with Gasteiger partial charge in [-0.3, -0.25) is 4.98 Å². The van der Waals surface area contributed by atoms with Crippen molar-refractivity contribution in [2.45, 2.75) is 51.8 Å². The number of nitrogens with one attached hydrogen (secondary N) is 1. The quantitative estimate of drug-likeness (QED) is 0.786. The number of nitrogens with zero attached hydrogens (tertiary/aromatic N) is 2. The molecule has 0 atom stereocenters. The predicted molar refractivity (Wildman–Crippen MR) is 102 cm³/mol. The number of benzene rings is 1. The third-order valence-electron chi connectivity index (χ3n) is 4.34. The minimum absolute atomic E-state index is 0.0177. The number of ether oxygens (including phenoxy) is 1. The van der Waals surface area contributed by atoms with Gasteiger partial charge in [0.2, 0.25) is 0 Å². The van der Waals surface area contributed by atoms with E-state index in [4.69, 9.17) is 4.74 Å². The van der Waals surface area contributed by atoms with E-state index in [1.54, 1.807) is 12.4 Å². The highest BCUT2D eigenvalue weighted by Crippen LogP contribution is 2.28. The molecule has 2 amide bonds. The lowest BCUT2D eigenvalue weighted by Gasteiger charge is -2.23. The van der Waals surface area contributed by atoms with Crippen molar-refractivity contribution in [3.05, 3.63) is 59.9 Å². The molecule has 138 valence electrons. The highest BCUT2D eigenvalue weighted by atomic mass is 16.5. The van der Waals surface area contributed by atoms with E-state index < -0.39 is 0 Å². The lowest BCUT2D eigenvalue weighted by atomic mass is 10.1. The lowest BCUT2D eigenvalue weighted by Crippen LogP contribution is -2.41. The molecule has 0 spiro atoms. The van der Waals surface area contributed by atoms with Gasteiger partial charge in [0.05, 0.1) is 6.10 Å². The summed E-state index contributed by atoms with van der Waals surface area (Å²) in [7, 11) is 0. The van der Waals surface area contributed by atoms with Crippen molar-refractivity contribution >= 4 is 6.03 Å². The molecule has 1 aliphatic carbocycles. The van der Waals surface area contributed by atoms with Crippen LogP contribution in [0.25, 0.3) is 0 Å². The van der Waals surface area contributed by atoms with Crippen LogP contribution in [0.15, 0.2) is 48.8 Å². The molecule has 0 aliphatic heterocycles. The molecule has 0 bridgehead atoms. The highest BCUT2D eigenvalue weighted by molar-refractivity contribution is 5.75. The summed E-state index contributed by atoms with van der Waals surface area (Å²) in [5, 5.41) is 3.06. The third kappa shape index (κ3) is 5.48. The Labute approximate surface area is 155 Å². The first-order chi connectivity index (χ1) is 12.6. The second-order valence-electron chi connectivity index (χ2n) is 7.01. The summed E-state index contributed by atoms with van der Waals surface area (Å²) in [6, 6.07) is 12.4. The molecule has 1 aliphatic rings. The number of hydrogen-bond donors (Lipinski definition) is 1. The molecule has 5 nitrogen and oxygen atoms in total. The van der Waals surface area contributed by atoms with E-state index in [0.717, 1.165) is 30.6 Å². The van der Waals surface area contributed by atoms with Gasteiger partial charge in [0.25, 0.3) is 0 Å². The summed E-state index contributed by atoms with van der Waals surface area (Å²) >= 11 is 0. The molecule has 0 unspecified atom stereocenters. The first-order valence-corrected chi connectivity index (χ1v) is 9.31. The van der Waals surface area contributed by atoms with Crippen LogP contribution in [0.1, 0.15) is 37.8 Å². The fourth-order valence-electron chi connectivity index (χ4n) is 2.86. The van der Waals surface area contributed by atoms with Gasteiger partial charge in [0.15, 0.2) is 0 Å². The lowest BCUT2D eigenvalue weighted by molar-refractivity contribution is 0.192. The van der Waals surface area contributed by atoms with Crippen molar-refractivity contribution in [3.63, 3.8) is 0 Å². The monoisotopic (exact) mass is 353 g/mol. The summed E-state index contributed by atoms with van der Waals surface area (Å²) in [6.07, 6.45) is 6.71. The number of hydrogen-bond acceptors (Lipinski definition) is 3. The van der Waals surface area contributed by atoms with Crippen LogP contribution >= 0.6 is 0 Å². The van der Waals surface area contributed by atoms with Crippen LogP contribution in [0.3, 0.4) is 0 Å². The number of carbonyl (C=O) groups excluding carboxylic acids is 1. The largest absolute Gasteiger partial charge is 0.491 e. The third-order valence-corrected chi connectivity index (χ3v) is 4.34. The molecule has 26 heavy (non-hydrogen) atoms. The van der Waals surface area contributed by atoms with Crippen molar-refractivity contribution in [1.29, 1.82) is 0 Å². The van der Waals surface area contributed by atoms with E-state index in [-0.39, 0.29) is 12.1 Å². The molecule has 1 aromatic carbocycles. The van der Waals surface area contributed by atoms with E-state index >= 15 is 0 Å². The van der Waals surface area contributed by atoms with Crippen molar-refractivity contribution in [3.8, 4) is 5.75 Å².